The highest BCUT2D eigenvalue weighted by Gasteiger charge is 2.14. The molecular formula is C15H13NO2. The molecule has 0 aliphatic heterocycles. The van der Waals surface area contributed by atoms with Crippen LogP contribution in [0.3, 0.4) is 0 Å². The molecule has 0 radical (unpaired) electrons. The van der Waals surface area contributed by atoms with E-state index in [2.05, 4.69) is 5.18 Å². The van der Waals surface area contributed by atoms with Gasteiger partial charge in [0.2, 0.25) is 0 Å². The molecule has 0 aliphatic rings. The third-order valence-electron chi connectivity index (χ3n) is 2.81. The standard InChI is InChI=1S/C15H13NO2/c1-11(16-18)15(17)14-9-7-13(8-10-14)12-5-3-2-4-6-12/h2-11H,1H3. The van der Waals surface area contributed by atoms with Crippen molar-refractivity contribution in [3.05, 3.63) is 65.1 Å². The van der Waals surface area contributed by atoms with Crippen molar-refractivity contribution < 1.29 is 4.79 Å². The van der Waals surface area contributed by atoms with Crippen LogP contribution in [0.1, 0.15) is 17.3 Å². The predicted molar refractivity (Wildman–Crippen MR) is 71.5 cm³/mol. The van der Waals surface area contributed by atoms with Crippen molar-refractivity contribution in [1.82, 2.24) is 0 Å². The summed E-state index contributed by atoms with van der Waals surface area (Å²) in [5.74, 6) is -0.246. The fourth-order valence-electron chi connectivity index (χ4n) is 1.75. The van der Waals surface area contributed by atoms with E-state index >= 15 is 0 Å². The lowest BCUT2D eigenvalue weighted by molar-refractivity contribution is 0.0968. The summed E-state index contributed by atoms with van der Waals surface area (Å²) in [7, 11) is 0. The van der Waals surface area contributed by atoms with Crippen molar-refractivity contribution in [3.63, 3.8) is 0 Å². The molecule has 3 nitrogen and oxygen atoms in total. The number of hydrogen-bond acceptors (Lipinski definition) is 3. The van der Waals surface area contributed by atoms with Crippen LogP contribution in [0, 0.1) is 4.91 Å². The quantitative estimate of drug-likeness (QED) is 0.603. The largest absolute Gasteiger partial charge is 0.292 e. The highest BCUT2D eigenvalue weighted by Crippen LogP contribution is 2.19. The van der Waals surface area contributed by atoms with Crippen LogP contribution in [0.4, 0.5) is 0 Å². The van der Waals surface area contributed by atoms with Gasteiger partial charge in [-0.3, -0.25) is 4.79 Å². The summed E-state index contributed by atoms with van der Waals surface area (Å²) < 4.78 is 0. The molecule has 3 heteroatoms. The van der Waals surface area contributed by atoms with Gasteiger partial charge in [0.05, 0.1) is 0 Å². The molecule has 18 heavy (non-hydrogen) atoms. The first-order valence-electron chi connectivity index (χ1n) is 5.74. The fraction of sp³-hybridized carbons (Fsp3) is 0.133. The number of ketones is 1. The molecule has 1 unspecified atom stereocenters. The van der Waals surface area contributed by atoms with Crippen molar-refractivity contribution in [2.24, 2.45) is 5.18 Å². The van der Waals surface area contributed by atoms with Crippen LogP contribution in [0.5, 0.6) is 0 Å². The van der Waals surface area contributed by atoms with E-state index in [-0.39, 0.29) is 5.78 Å². The molecule has 0 saturated heterocycles. The van der Waals surface area contributed by atoms with Crippen LogP contribution in [0.25, 0.3) is 11.1 Å². The van der Waals surface area contributed by atoms with E-state index < -0.39 is 6.04 Å². The van der Waals surface area contributed by atoms with Gasteiger partial charge >= 0.3 is 0 Å². The highest BCUT2D eigenvalue weighted by atomic mass is 16.3. The molecule has 2 rings (SSSR count). The Kier molecular flexibility index (Phi) is 3.63. The van der Waals surface area contributed by atoms with Crippen molar-refractivity contribution in [2.45, 2.75) is 13.0 Å². The van der Waals surface area contributed by atoms with Crippen LogP contribution in [-0.2, 0) is 0 Å². The first kappa shape index (κ1) is 12.2. The van der Waals surface area contributed by atoms with E-state index in [9.17, 15) is 9.70 Å². The molecule has 2 aromatic carbocycles. The molecule has 0 saturated carbocycles. The second-order valence-corrected chi connectivity index (χ2v) is 4.09. The Morgan fingerprint density at radius 2 is 1.50 bits per heavy atom. The minimum absolute atomic E-state index is 0.246. The molecular weight excluding hydrogens is 226 g/mol. The SMILES string of the molecule is CC(N=O)C(=O)c1ccc(-c2ccccc2)cc1. The summed E-state index contributed by atoms with van der Waals surface area (Å²) in [6.07, 6.45) is 0. The second kappa shape index (κ2) is 5.36. The Balaban J connectivity index is 2.26. The van der Waals surface area contributed by atoms with Gasteiger partial charge in [0.15, 0.2) is 11.8 Å². The lowest BCUT2D eigenvalue weighted by atomic mass is 10.0. The van der Waals surface area contributed by atoms with Gasteiger partial charge in [0.1, 0.15) is 0 Å². The first-order chi connectivity index (χ1) is 8.72. The van der Waals surface area contributed by atoms with Crippen LogP contribution in [0.2, 0.25) is 0 Å². The normalized spacial score (nSPS) is 11.8. The fourth-order valence-corrected chi connectivity index (χ4v) is 1.75. The molecule has 0 N–H and O–H groups in total. The number of benzene rings is 2. The maximum atomic E-state index is 11.7. The number of Topliss-reactive ketones (excluding diaryl/α,β-unsaturated/α-hetero) is 1. The molecule has 0 heterocycles. The van der Waals surface area contributed by atoms with E-state index in [1.54, 1.807) is 12.1 Å². The molecule has 0 bridgehead atoms. The molecule has 2 aromatic rings. The van der Waals surface area contributed by atoms with Crippen LogP contribution in [0.15, 0.2) is 59.8 Å². The topological polar surface area (TPSA) is 46.5 Å². The predicted octanol–water partition coefficient (Wildman–Crippen LogP) is 3.69. The van der Waals surface area contributed by atoms with Gasteiger partial charge in [-0.1, -0.05) is 59.8 Å². The van der Waals surface area contributed by atoms with Gasteiger partial charge in [-0.2, -0.15) is 4.91 Å². The zero-order valence-electron chi connectivity index (χ0n) is 10.0. The molecule has 0 fully saturated rings. The Bertz CT molecular complexity index is 546. The molecule has 90 valence electrons. The summed E-state index contributed by atoms with van der Waals surface area (Å²) in [4.78, 5) is 22.1. The minimum Gasteiger partial charge on any atom is -0.292 e. The number of carbonyl (C=O) groups excluding carboxylic acids is 1. The lowest BCUT2D eigenvalue weighted by Gasteiger charge is -2.04. The number of carbonyl (C=O) groups is 1. The zero-order chi connectivity index (χ0) is 13.0. The summed E-state index contributed by atoms with van der Waals surface area (Å²) in [5, 5.41) is 2.75. The van der Waals surface area contributed by atoms with Crippen molar-refractivity contribution >= 4 is 5.78 Å². The second-order valence-electron chi connectivity index (χ2n) is 4.09. The van der Waals surface area contributed by atoms with Crippen LogP contribution < -0.4 is 0 Å². The third-order valence-corrected chi connectivity index (χ3v) is 2.81. The monoisotopic (exact) mass is 239 g/mol. The molecule has 0 aliphatic carbocycles. The number of nitroso groups, excluding NO2 is 1. The summed E-state index contributed by atoms with van der Waals surface area (Å²) in [6, 6.07) is 16.3. The Hall–Kier alpha value is -2.29. The van der Waals surface area contributed by atoms with E-state index in [0.717, 1.165) is 11.1 Å². The van der Waals surface area contributed by atoms with Gasteiger partial charge < -0.3 is 0 Å². The molecule has 0 aromatic heterocycles. The maximum absolute atomic E-state index is 11.7. The zero-order valence-corrected chi connectivity index (χ0v) is 10.0. The van der Waals surface area contributed by atoms with Gasteiger partial charge in [0, 0.05) is 5.56 Å². The van der Waals surface area contributed by atoms with E-state index in [4.69, 9.17) is 0 Å². The molecule has 1 atom stereocenters. The Labute approximate surface area is 105 Å². The maximum Gasteiger partial charge on any atom is 0.190 e. The number of rotatable bonds is 4. The summed E-state index contributed by atoms with van der Waals surface area (Å²) in [6.45, 7) is 1.50. The highest BCUT2D eigenvalue weighted by molar-refractivity contribution is 6.00. The number of nitrogens with zero attached hydrogens (tertiary/aromatic N) is 1. The lowest BCUT2D eigenvalue weighted by Crippen LogP contribution is -2.13. The average Bonchev–Trinajstić information content (AvgIpc) is 2.47. The van der Waals surface area contributed by atoms with Gasteiger partial charge in [-0.15, -0.1) is 0 Å². The molecule has 0 amide bonds. The van der Waals surface area contributed by atoms with Crippen molar-refractivity contribution in [2.75, 3.05) is 0 Å². The Morgan fingerprint density at radius 3 is 2.06 bits per heavy atom. The van der Waals surface area contributed by atoms with E-state index in [1.807, 2.05) is 42.5 Å². The van der Waals surface area contributed by atoms with Crippen LogP contribution in [-0.4, -0.2) is 11.8 Å². The van der Waals surface area contributed by atoms with Crippen LogP contribution >= 0.6 is 0 Å². The minimum atomic E-state index is -0.826. The van der Waals surface area contributed by atoms with Gasteiger partial charge in [-0.25, -0.2) is 0 Å². The van der Waals surface area contributed by atoms with Gasteiger partial charge in [0.25, 0.3) is 0 Å². The van der Waals surface area contributed by atoms with E-state index in [0.29, 0.717) is 5.56 Å². The Morgan fingerprint density at radius 1 is 0.944 bits per heavy atom. The summed E-state index contributed by atoms with van der Waals surface area (Å²) in [5.41, 5.74) is 2.65. The number of hydrogen-bond donors (Lipinski definition) is 0. The van der Waals surface area contributed by atoms with E-state index in [1.165, 1.54) is 6.92 Å². The smallest absolute Gasteiger partial charge is 0.190 e. The first-order valence-corrected chi connectivity index (χ1v) is 5.74. The average molecular weight is 239 g/mol. The molecule has 0 spiro atoms. The third kappa shape index (κ3) is 2.51. The van der Waals surface area contributed by atoms with Gasteiger partial charge in [-0.05, 0) is 18.1 Å². The summed E-state index contributed by atoms with van der Waals surface area (Å²) >= 11 is 0. The van der Waals surface area contributed by atoms with Crippen molar-refractivity contribution in [3.8, 4) is 11.1 Å². The van der Waals surface area contributed by atoms with Crippen molar-refractivity contribution in [1.29, 1.82) is 0 Å².